The lowest BCUT2D eigenvalue weighted by molar-refractivity contribution is -0.416. The number of hydrogen-bond acceptors (Lipinski definition) is 23. The quantitative estimate of drug-likeness (QED) is 0.0137. The van der Waals surface area contributed by atoms with E-state index in [1.165, 1.54) is 56.4 Å². The van der Waals surface area contributed by atoms with E-state index in [9.17, 15) is 55.5 Å². The first-order valence-corrected chi connectivity index (χ1v) is 28.2. The number of hydrogen-bond donors (Lipinski definition) is 14. The molecule has 1 aliphatic carbocycles. The van der Waals surface area contributed by atoms with Gasteiger partial charge in [0.05, 0.1) is 60.1 Å². The van der Waals surface area contributed by atoms with E-state index >= 15 is 0 Å². The number of nitrogens with two attached hydrogens (primary N) is 3. The molecule has 0 aromatic carbocycles. The van der Waals surface area contributed by atoms with Gasteiger partial charge in [-0.1, -0.05) is 67.5 Å². The monoisotopic (exact) mass is 1090 g/mol. The van der Waals surface area contributed by atoms with Gasteiger partial charge in [-0.3, -0.25) is 15.3 Å². The zero-order chi connectivity index (χ0) is 52.1. The number of esters is 1. The van der Waals surface area contributed by atoms with E-state index in [1.54, 1.807) is 23.1 Å². The second kappa shape index (κ2) is 27.5. The van der Waals surface area contributed by atoms with Crippen molar-refractivity contribution in [2.24, 2.45) is 50.9 Å². The summed E-state index contributed by atoms with van der Waals surface area (Å²) in [6, 6.07) is -0.719. The number of likely N-dealkylation sites (N-methyl/N-ethyl adjacent to an activating group) is 1. The maximum Gasteiger partial charge on any atom is 0.339 e. The number of rotatable bonds is 17. The minimum atomic E-state index is -3.13. The highest BCUT2D eigenvalue weighted by molar-refractivity contribution is 8.78. The molecule has 28 heteroatoms. The second-order valence-electron chi connectivity index (χ2n) is 17.7. The molecule has 14 unspecified atom stereocenters. The first-order valence-electron chi connectivity index (χ1n) is 23.5. The number of nitrogens with zero attached hydrogens (tertiary/aromatic N) is 3. The largest absolute Gasteiger partial charge is 0.478 e. The smallest absolute Gasteiger partial charge is 0.339 e. The van der Waals surface area contributed by atoms with Gasteiger partial charge in [0.15, 0.2) is 24.3 Å². The van der Waals surface area contributed by atoms with Crippen LogP contribution in [0.3, 0.4) is 0 Å². The van der Waals surface area contributed by atoms with E-state index in [1.807, 2.05) is 6.08 Å². The molecule has 0 aromatic heterocycles. The zero-order valence-electron chi connectivity index (χ0n) is 39.5. The van der Waals surface area contributed by atoms with Crippen LogP contribution in [0.2, 0.25) is 0 Å². The van der Waals surface area contributed by atoms with Crippen molar-refractivity contribution in [1.29, 1.82) is 0 Å². The van der Waals surface area contributed by atoms with Crippen LogP contribution in [0.5, 0.6) is 0 Å². The number of nitrogens with one attached hydrogen (secondary N) is 2. The summed E-state index contributed by atoms with van der Waals surface area (Å²) in [7, 11) is 7.42. The predicted octanol–water partition coefficient (Wildman–Crippen LogP) is -2.42. The third-order valence-electron chi connectivity index (χ3n) is 13.1. The fourth-order valence-electron chi connectivity index (χ4n) is 9.23. The van der Waals surface area contributed by atoms with Crippen LogP contribution in [0.15, 0.2) is 69.2 Å². The number of carbonyl (C=O) groups excluding carboxylic acids is 1. The number of fused-ring (bicyclic) bond motifs is 2. The Morgan fingerprint density at radius 3 is 2.50 bits per heavy atom. The molecular formula is C44H68N8O16S4. The number of carboxylic acid groups (broad SMARTS) is 1. The lowest BCUT2D eigenvalue weighted by Crippen LogP contribution is -2.69. The SMILES string of the molecule is CNC(CO)OC1C(OC2OC=C3C(=O)OC4CCC(CO)C4CSSC4C(CCN=C(N)N)SSCC=CC2C3C=CC2=C(NC(N)=NCCCO)C(C(=O)O)=CN(C2)C4CO)OC(CO)C(O)C1(O)O. The molecule has 17 N–H and O–H groups in total. The minimum absolute atomic E-state index is 0.0116. The van der Waals surface area contributed by atoms with Crippen LogP contribution in [-0.4, -0.2) is 211 Å². The molecule has 5 aliphatic heterocycles. The highest BCUT2D eigenvalue weighted by Gasteiger charge is 2.58. The standard InChI is InChI=1S/C44H68N8O16S4/c1-48-33(19-57)67-37-41(66-31(18-56)36(58)44(37,62)63)68-40-25-4-2-13-69-71-32(9-11-49-42(45)46)35-29(17-55)52-14-22(34(26(15-52)38(59)60)51-43(47)50-10-3-12-53)5-7-24(25)27(20-64-40)39(61)65-30-8-6-23(16-54)28(30)21-70-72-35/h2,4-5,7,15,20,23-25,28-33,35-37,40-41,48,53-58,62-63H,3,6,8-14,16-19,21H2,1H3,(H,59,60)(H4,45,46,49)(H3,47,50,51). The van der Waals surface area contributed by atoms with Gasteiger partial charge in [-0.15, -0.1) is 0 Å². The number of aliphatic hydroxyl groups excluding tert-OH is 6. The Hall–Kier alpha value is -3.30. The van der Waals surface area contributed by atoms with E-state index in [0.29, 0.717) is 36.3 Å². The van der Waals surface area contributed by atoms with Crippen LogP contribution in [0.25, 0.3) is 0 Å². The molecular weight excluding hydrogens is 1020 g/mol. The Kier molecular flexibility index (Phi) is 22.1. The Morgan fingerprint density at radius 2 is 1.82 bits per heavy atom. The van der Waals surface area contributed by atoms with Crippen molar-refractivity contribution in [1.82, 2.24) is 15.5 Å². The highest BCUT2D eigenvalue weighted by atomic mass is 33.1. The number of carbonyl (C=O) groups is 2. The number of aliphatic carboxylic acids is 1. The van der Waals surface area contributed by atoms with Gasteiger partial charge in [0, 0.05) is 67.6 Å². The van der Waals surface area contributed by atoms with Crippen LogP contribution in [0.1, 0.15) is 25.7 Å². The molecule has 2 fully saturated rings. The van der Waals surface area contributed by atoms with Crippen LogP contribution < -0.4 is 27.8 Å². The molecule has 1 saturated carbocycles. The van der Waals surface area contributed by atoms with Gasteiger partial charge in [-0.05, 0) is 44.2 Å². The lowest BCUT2D eigenvalue weighted by atomic mass is 9.82. The molecule has 0 spiro atoms. The Balaban J connectivity index is 1.57. The van der Waals surface area contributed by atoms with Crippen LogP contribution >= 0.6 is 43.2 Å². The maximum absolute atomic E-state index is 14.7. The van der Waals surface area contributed by atoms with E-state index in [-0.39, 0.29) is 85.1 Å². The Bertz CT molecular complexity index is 2060. The van der Waals surface area contributed by atoms with Gasteiger partial charge in [-0.2, -0.15) is 0 Å². The molecule has 1 saturated heterocycles. The Labute approximate surface area is 432 Å². The summed E-state index contributed by atoms with van der Waals surface area (Å²) in [5, 5.41) is 101. The molecule has 72 heavy (non-hydrogen) atoms. The maximum atomic E-state index is 14.7. The van der Waals surface area contributed by atoms with E-state index < -0.39 is 104 Å². The summed E-state index contributed by atoms with van der Waals surface area (Å²) in [5.74, 6) is -7.25. The van der Waals surface area contributed by atoms with Crippen molar-refractivity contribution in [3.63, 3.8) is 0 Å². The first kappa shape index (κ1) is 58.0. The molecule has 24 nitrogen and oxygen atoms in total. The van der Waals surface area contributed by atoms with E-state index in [2.05, 4.69) is 20.6 Å². The topological polar surface area (TPSA) is 392 Å². The molecule has 4 bridgehead atoms. The van der Waals surface area contributed by atoms with E-state index in [0.717, 1.165) is 6.26 Å². The predicted molar refractivity (Wildman–Crippen MR) is 271 cm³/mol. The van der Waals surface area contributed by atoms with Crippen LogP contribution in [-0.2, 0) is 33.3 Å². The molecule has 5 heterocycles. The van der Waals surface area contributed by atoms with E-state index in [4.69, 9.17) is 40.9 Å². The lowest BCUT2D eigenvalue weighted by Gasteiger charge is -2.48. The zero-order valence-corrected chi connectivity index (χ0v) is 42.8. The molecule has 0 aromatic rings. The van der Waals surface area contributed by atoms with Gasteiger partial charge in [0.1, 0.15) is 24.5 Å². The highest BCUT2D eigenvalue weighted by Crippen LogP contribution is 2.47. The molecule has 404 valence electrons. The molecule has 6 aliphatic rings. The average Bonchev–Trinajstić information content (AvgIpc) is 3.73. The number of aliphatic hydroxyl groups is 8. The van der Waals surface area contributed by atoms with Gasteiger partial charge in [0.25, 0.3) is 0 Å². The van der Waals surface area contributed by atoms with Crippen molar-refractivity contribution in [3.05, 3.63) is 59.2 Å². The summed E-state index contributed by atoms with van der Waals surface area (Å²) < 4.78 is 30.8. The normalized spacial score (nSPS) is 33.7. The number of aliphatic imine (C=N–C) groups is 2. The molecule has 6 rings (SSSR count). The number of ether oxygens (including phenoxy) is 5. The van der Waals surface area contributed by atoms with Gasteiger partial charge in [0.2, 0.25) is 12.1 Å². The van der Waals surface area contributed by atoms with Crippen molar-refractivity contribution in [3.8, 4) is 0 Å². The van der Waals surface area contributed by atoms with Crippen molar-refractivity contribution >= 4 is 67.0 Å². The fraction of sp³-hybridized carbons (Fsp3) is 0.682. The third-order valence-corrected chi connectivity index (χ3v) is 19.1. The van der Waals surface area contributed by atoms with Crippen molar-refractivity contribution in [2.75, 3.05) is 71.2 Å². The van der Waals surface area contributed by atoms with Crippen LogP contribution in [0, 0.1) is 23.7 Å². The second-order valence-corrected chi connectivity index (χ2v) is 22.9. The average molecular weight is 1090 g/mol. The number of carboxylic acids is 1. The van der Waals surface area contributed by atoms with Crippen molar-refractivity contribution < 1.29 is 79.2 Å². The number of allylic oxidation sites excluding steroid dienone is 1. The molecule has 0 radical (unpaired) electrons. The van der Waals surface area contributed by atoms with Gasteiger partial charge < -0.3 is 97.1 Å². The van der Waals surface area contributed by atoms with Crippen LogP contribution in [0.4, 0.5) is 0 Å². The fourth-order valence-corrected chi connectivity index (χ4v) is 16.0. The van der Waals surface area contributed by atoms with Crippen molar-refractivity contribution in [2.45, 2.75) is 91.2 Å². The molecule has 0 amide bonds. The summed E-state index contributed by atoms with van der Waals surface area (Å²) in [6.07, 6.45) is 0.342. The minimum Gasteiger partial charge on any atom is -0.478 e. The summed E-state index contributed by atoms with van der Waals surface area (Å²) in [6.45, 7) is -1.93. The van der Waals surface area contributed by atoms with Gasteiger partial charge >= 0.3 is 11.9 Å². The first-order chi connectivity index (χ1) is 34.6. The number of guanidine groups is 2. The Morgan fingerprint density at radius 1 is 1.03 bits per heavy atom. The third kappa shape index (κ3) is 14.1. The summed E-state index contributed by atoms with van der Waals surface area (Å²) in [5.41, 5.74) is 18.0. The van der Waals surface area contributed by atoms with Gasteiger partial charge in [-0.25, -0.2) is 9.59 Å². The summed E-state index contributed by atoms with van der Waals surface area (Å²) in [4.78, 5) is 38.4. The molecule has 14 atom stereocenters. The summed E-state index contributed by atoms with van der Waals surface area (Å²) >= 11 is 0.